The summed E-state index contributed by atoms with van der Waals surface area (Å²) in [6.07, 6.45) is 2.40. The normalized spacial score (nSPS) is 29.6. The number of hydrogen-bond donors (Lipinski definition) is 1. The minimum absolute atomic E-state index is 0.270. The summed E-state index contributed by atoms with van der Waals surface area (Å²) < 4.78 is 1.06. The number of nitrogens with zero attached hydrogens (tertiary/aromatic N) is 2. The summed E-state index contributed by atoms with van der Waals surface area (Å²) in [5, 5.41) is 9.70. The van der Waals surface area contributed by atoms with Crippen molar-refractivity contribution >= 4 is 23.1 Å². The number of thioether (sulfide) groups is 1. The second kappa shape index (κ2) is 4.03. The molecule has 2 atom stereocenters. The van der Waals surface area contributed by atoms with Gasteiger partial charge in [0.05, 0.1) is 0 Å². The molecule has 3 nitrogen and oxygen atoms in total. The monoisotopic (exact) mass is 243 g/mol. The van der Waals surface area contributed by atoms with Gasteiger partial charge in [-0.1, -0.05) is 36.9 Å². The Bertz CT molecular complexity index is 348. The van der Waals surface area contributed by atoms with Crippen molar-refractivity contribution in [1.29, 1.82) is 0 Å². The van der Waals surface area contributed by atoms with Crippen molar-refractivity contribution in [1.82, 2.24) is 10.2 Å². The molecular formula is C10H17N3S2. The Hall–Kier alpha value is -0.130. The molecule has 2 unspecified atom stereocenters. The first kappa shape index (κ1) is 11.4. The number of nitrogens with two attached hydrogens (primary N) is 1. The molecule has 5 heteroatoms. The van der Waals surface area contributed by atoms with E-state index in [1.807, 2.05) is 6.92 Å². The van der Waals surface area contributed by atoms with Crippen molar-refractivity contribution in [3.8, 4) is 0 Å². The third-order valence-corrected chi connectivity index (χ3v) is 5.42. The summed E-state index contributed by atoms with van der Waals surface area (Å²) >= 11 is 3.46. The molecule has 1 aliphatic carbocycles. The maximum absolute atomic E-state index is 6.25. The molecule has 1 aliphatic rings. The van der Waals surface area contributed by atoms with E-state index in [0.717, 1.165) is 9.35 Å². The van der Waals surface area contributed by atoms with Crippen LogP contribution in [-0.4, -0.2) is 21.5 Å². The molecule has 0 aromatic carbocycles. The average molecular weight is 243 g/mol. The summed E-state index contributed by atoms with van der Waals surface area (Å²) in [7, 11) is 0. The van der Waals surface area contributed by atoms with E-state index in [0.29, 0.717) is 5.25 Å². The fourth-order valence-corrected chi connectivity index (χ4v) is 4.39. The Morgan fingerprint density at radius 1 is 1.47 bits per heavy atom. The van der Waals surface area contributed by atoms with E-state index in [9.17, 15) is 0 Å². The fourth-order valence-electron chi connectivity index (χ4n) is 1.95. The Morgan fingerprint density at radius 2 is 2.20 bits per heavy atom. The topological polar surface area (TPSA) is 51.8 Å². The molecule has 1 aromatic rings. The van der Waals surface area contributed by atoms with E-state index < -0.39 is 0 Å². The van der Waals surface area contributed by atoms with E-state index >= 15 is 0 Å². The summed E-state index contributed by atoms with van der Waals surface area (Å²) in [6, 6.07) is 0.270. The molecule has 0 aliphatic heterocycles. The highest BCUT2D eigenvalue weighted by Crippen LogP contribution is 2.44. The van der Waals surface area contributed by atoms with Crippen molar-refractivity contribution in [3.63, 3.8) is 0 Å². The number of hydrogen-bond acceptors (Lipinski definition) is 5. The number of aromatic nitrogens is 2. The largest absolute Gasteiger partial charge is 0.326 e. The molecule has 0 bridgehead atoms. The second-order valence-corrected chi connectivity index (χ2v) is 7.46. The van der Waals surface area contributed by atoms with Gasteiger partial charge in [0.2, 0.25) is 0 Å². The minimum atomic E-state index is 0.270. The molecule has 1 aromatic heterocycles. The van der Waals surface area contributed by atoms with Crippen molar-refractivity contribution in [2.24, 2.45) is 11.1 Å². The summed E-state index contributed by atoms with van der Waals surface area (Å²) in [4.78, 5) is 0. The van der Waals surface area contributed by atoms with Crippen LogP contribution in [0.4, 0.5) is 0 Å². The van der Waals surface area contributed by atoms with Gasteiger partial charge < -0.3 is 5.73 Å². The maximum atomic E-state index is 6.25. The molecule has 0 spiro atoms. The summed E-state index contributed by atoms with van der Waals surface area (Å²) in [5.41, 5.74) is 6.52. The Balaban J connectivity index is 2.02. The Labute approximate surface area is 98.9 Å². The van der Waals surface area contributed by atoms with Crippen LogP contribution in [0.25, 0.3) is 0 Å². The van der Waals surface area contributed by atoms with Gasteiger partial charge in [-0.25, -0.2) is 0 Å². The fraction of sp³-hybridized carbons (Fsp3) is 0.800. The van der Waals surface area contributed by atoms with Crippen molar-refractivity contribution in [2.75, 3.05) is 0 Å². The van der Waals surface area contributed by atoms with Crippen LogP contribution in [0, 0.1) is 12.3 Å². The lowest BCUT2D eigenvalue weighted by molar-refractivity contribution is 0.334. The first-order valence-corrected chi connectivity index (χ1v) is 6.91. The lowest BCUT2D eigenvalue weighted by Crippen LogP contribution is -2.38. The molecule has 0 amide bonds. The summed E-state index contributed by atoms with van der Waals surface area (Å²) in [6.45, 7) is 6.49. The van der Waals surface area contributed by atoms with Gasteiger partial charge in [0, 0.05) is 11.3 Å². The van der Waals surface area contributed by atoms with Gasteiger partial charge in [-0.3, -0.25) is 0 Å². The highest BCUT2D eigenvalue weighted by atomic mass is 32.2. The van der Waals surface area contributed by atoms with E-state index in [2.05, 4.69) is 24.0 Å². The zero-order valence-corrected chi connectivity index (χ0v) is 11.0. The molecule has 0 radical (unpaired) electrons. The van der Waals surface area contributed by atoms with Crippen LogP contribution < -0.4 is 5.73 Å². The van der Waals surface area contributed by atoms with E-state index in [4.69, 9.17) is 5.73 Å². The van der Waals surface area contributed by atoms with Crippen molar-refractivity contribution < 1.29 is 0 Å². The third kappa shape index (κ3) is 2.34. The van der Waals surface area contributed by atoms with Crippen molar-refractivity contribution in [3.05, 3.63) is 5.01 Å². The molecule has 2 rings (SSSR count). The minimum Gasteiger partial charge on any atom is -0.326 e. The van der Waals surface area contributed by atoms with Gasteiger partial charge in [0.1, 0.15) is 5.01 Å². The van der Waals surface area contributed by atoms with E-state index in [1.54, 1.807) is 23.1 Å². The van der Waals surface area contributed by atoms with Gasteiger partial charge in [0.25, 0.3) is 0 Å². The van der Waals surface area contributed by atoms with Crippen LogP contribution in [-0.2, 0) is 0 Å². The van der Waals surface area contributed by atoms with E-state index in [1.165, 1.54) is 12.8 Å². The van der Waals surface area contributed by atoms with Crippen LogP contribution in [0.1, 0.15) is 31.7 Å². The van der Waals surface area contributed by atoms with Crippen LogP contribution in [0.15, 0.2) is 4.34 Å². The molecule has 84 valence electrons. The van der Waals surface area contributed by atoms with Gasteiger partial charge in [0.15, 0.2) is 4.34 Å². The zero-order chi connectivity index (χ0) is 11.1. The second-order valence-electron chi connectivity index (χ2n) is 4.80. The van der Waals surface area contributed by atoms with Gasteiger partial charge >= 0.3 is 0 Å². The highest BCUT2D eigenvalue weighted by molar-refractivity contribution is 8.01. The third-order valence-electron chi connectivity index (χ3n) is 3.14. The molecule has 2 N–H and O–H groups in total. The Kier molecular flexibility index (Phi) is 3.05. The predicted octanol–water partition coefficient (Wildman–Crippen LogP) is 2.45. The first-order chi connectivity index (χ1) is 6.99. The standard InChI is InChI=1S/C10H17N3S2/c1-6-12-13-9(14-6)15-7-4-5-10(2,3)8(7)11/h7-8H,4-5,11H2,1-3H3. The number of rotatable bonds is 2. The quantitative estimate of drug-likeness (QED) is 0.867. The molecule has 0 saturated heterocycles. The Morgan fingerprint density at radius 3 is 2.67 bits per heavy atom. The van der Waals surface area contributed by atoms with Crippen LogP contribution in [0.5, 0.6) is 0 Å². The molecule has 1 saturated carbocycles. The summed E-state index contributed by atoms with van der Waals surface area (Å²) in [5.74, 6) is 0. The van der Waals surface area contributed by atoms with Gasteiger partial charge in [-0.2, -0.15) is 0 Å². The molecular weight excluding hydrogens is 226 g/mol. The molecule has 1 fully saturated rings. The lowest BCUT2D eigenvalue weighted by atomic mass is 9.88. The smallest absolute Gasteiger partial charge is 0.174 e. The SMILES string of the molecule is Cc1nnc(SC2CCC(C)(C)C2N)s1. The molecule has 15 heavy (non-hydrogen) atoms. The average Bonchev–Trinajstić information content (AvgIpc) is 2.66. The van der Waals surface area contributed by atoms with E-state index in [-0.39, 0.29) is 11.5 Å². The predicted molar refractivity (Wildman–Crippen MR) is 65.3 cm³/mol. The highest BCUT2D eigenvalue weighted by Gasteiger charge is 2.40. The zero-order valence-electron chi connectivity index (χ0n) is 9.36. The van der Waals surface area contributed by atoms with Crippen molar-refractivity contribution in [2.45, 2.75) is 49.2 Å². The molecule has 1 heterocycles. The van der Waals surface area contributed by atoms with Gasteiger partial charge in [-0.15, -0.1) is 10.2 Å². The van der Waals surface area contributed by atoms with Crippen LogP contribution in [0.3, 0.4) is 0 Å². The maximum Gasteiger partial charge on any atom is 0.174 e. The first-order valence-electron chi connectivity index (χ1n) is 5.21. The number of aryl methyl sites for hydroxylation is 1. The van der Waals surface area contributed by atoms with Crippen LogP contribution in [0.2, 0.25) is 0 Å². The van der Waals surface area contributed by atoms with Crippen LogP contribution >= 0.6 is 23.1 Å². The lowest BCUT2D eigenvalue weighted by Gasteiger charge is -2.25. The van der Waals surface area contributed by atoms with Gasteiger partial charge in [-0.05, 0) is 25.2 Å².